The van der Waals surface area contributed by atoms with E-state index in [0.717, 1.165) is 41.7 Å². The van der Waals surface area contributed by atoms with E-state index in [0.29, 0.717) is 13.2 Å². The second-order valence-electron chi connectivity index (χ2n) is 5.94. The zero-order valence-electron chi connectivity index (χ0n) is 12.7. The molecule has 2 N–H and O–H groups in total. The minimum absolute atomic E-state index is 0.0662. The Morgan fingerprint density at radius 2 is 2.24 bits per heavy atom. The molecule has 1 fully saturated rings. The summed E-state index contributed by atoms with van der Waals surface area (Å²) in [5.41, 5.74) is 0.280. The first-order chi connectivity index (χ1) is 10.1. The predicted molar refractivity (Wildman–Crippen MR) is 82.6 cm³/mol. The molecule has 1 saturated carbocycles. The lowest BCUT2D eigenvalue weighted by Crippen LogP contribution is -2.46. The van der Waals surface area contributed by atoms with Gasteiger partial charge in [-0.25, -0.2) is 0 Å². The van der Waals surface area contributed by atoms with Crippen molar-refractivity contribution in [2.75, 3.05) is 13.2 Å². The number of hydrogen-bond donors (Lipinski definition) is 2. The lowest BCUT2D eigenvalue weighted by atomic mass is 9.80. The number of aliphatic hydroxyl groups is 1. The molecule has 0 radical (unpaired) electrons. The van der Waals surface area contributed by atoms with E-state index in [2.05, 4.69) is 12.2 Å². The number of nitrogens with one attached hydrogen (secondary N) is 1. The Labute approximate surface area is 125 Å². The molecule has 1 aromatic carbocycles. The van der Waals surface area contributed by atoms with Gasteiger partial charge < -0.3 is 19.6 Å². The van der Waals surface area contributed by atoms with Crippen LogP contribution in [0.5, 0.6) is 5.75 Å². The second-order valence-corrected chi connectivity index (χ2v) is 5.94. The van der Waals surface area contributed by atoms with Crippen molar-refractivity contribution >= 4 is 11.0 Å². The number of benzene rings is 1. The average molecular weight is 289 g/mol. The maximum Gasteiger partial charge on any atom is 0.176 e. The van der Waals surface area contributed by atoms with Crippen LogP contribution in [0.25, 0.3) is 11.0 Å². The molecule has 1 unspecified atom stereocenters. The van der Waals surface area contributed by atoms with Crippen LogP contribution in [0.1, 0.15) is 44.9 Å². The predicted octanol–water partition coefficient (Wildman–Crippen LogP) is 3.40. The Hall–Kier alpha value is -1.52. The third-order valence-electron chi connectivity index (χ3n) is 4.28. The highest BCUT2D eigenvalue weighted by molar-refractivity contribution is 5.83. The van der Waals surface area contributed by atoms with E-state index in [1.807, 2.05) is 31.2 Å². The highest BCUT2D eigenvalue weighted by atomic mass is 16.5. The van der Waals surface area contributed by atoms with Crippen LogP contribution in [0, 0.1) is 0 Å². The third-order valence-corrected chi connectivity index (χ3v) is 4.28. The van der Waals surface area contributed by atoms with Crippen molar-refractivity contribution in [2.45, 2.75) is 44.8 Å². The van der Waals surface area contributed by atoms with Crippen molar-refractivity contribution in [1.29, 1.82) is 0 Å². The fourth-order valence-corrected chi connectivity index (χ4v) is 2.74. The summed E-state index contributed by atoms with van der Waals surface area (Å²) in [6.45, 7) is 5.26. The zero-order chi connectivity index (χ0) is 14.9. The first-order valence-corrected chi connectivity index (χ1v) is 7.72. The van der Waals surface area contributed by atoms with Gasteiger partial charge in [0.1, 0.15) is 5.76 Å². The number of ether oxygens (including phenoxy) is 1. The first-order valence-electron chi connectivity index (χ1n) is 7.72. The molecule has 0 aliphatic heterocycles. The van der Waals surface area contributed by atoms with Gasteiger partial charge in [-0.3, -0.25) is 0 Å². The number of para-hydroxylation sites is 1. The van der Waals surface area contributed by atoms with Crippen molar-refractivity contribution in [2.24, 2.45) is 0 Å². The molecule has 0 amide bonds. The van der Waals surface area contributed by atoms with Gasteiger partial charge in [0.15, 0.2) is 11.3 Å². The molecule has 3 rings (SSSR count). The number of fused-ring (bicyclic) bond motifs is 1. The Balaban J connectivity index is 1.75. The monoisotopic (exact) mass is 289 g/mol. The van der Waals surface area contributed by atoms with Gasteiger partial charge in [0, 0.05) is 11.9 Å². The second kappa shape index (κ2) is 5.70. The van der Waals surface area contributed by atoms with E-state index >= 15 is 0 Å². The summed E-state index contributed by atoms with van der Waals surface area (Å²) in [5, 5.41) is 14.6. The smallest absolute Gasteiger partial charge is 0.176 e. The molecule has 1 heterocycles. The summed E-state index contributed by atoms with van der Waals surface area (Å²) in [6, 6.07) is 8.03. The van der Waals surface area contributed by atoms with Gasteiger partial charge in [0.25, 0.3) is 0 Å². The molecule has 21 heavy (non-hydrogen) atoms. The molecule has 4 nitrogen and oxygen atoms in total. The standard InChI is InChI=1S/C17H23NO3/c1-3-20-14-7-4-6-13-10-15(21-16(13)14)12(2)18-11-17(19)8-5-9-17/h4,6-7,10,12,18-19H,3,5,8-9,11H2,1-2H3. The van der Waals surface area contributed by atoms with Gasteiger partial charge in [-0.2, -0.15) is 0 Å². The molecule has 2 aromatic rings. The fourth-order valence-electron chi connectivity index (χ4n) is 2.74. The van der Waals surface area contributed by atoms with E-state index in [1.165, 1.54) is 0 Å². The largest absolute Gasteiger partial charge is 0.490 e. The summed E-state index contributed by atoms with van der Waals surface area (Å²) in [4.78, 5) is 0. The van der Waals surface area contributed by atoms with Crippen molar-refractivity contribution in [3.63, 3.8) is 0 Å². The van der Waals surface area contributed by atoms with Crippen LogP contribution in [0.4, 0.5) is 0 Å². The van der Waals surface area contributed by atoms with Gasteiger partial charge in [-0.1, -0.05) is 12.1 Å². The molecule has 0 spiro atoms. The highest BCUT2D eigenvalue weighted by Gasteiger charge is 2.34. The molecule has 4 heteroatoms. The molecular weight excluding hydrogens is 266 g/mol. The fraction of sp³-hybridized carbons (Fsp3) is 0.529. The van der Waals surface area contributed by atoms with Crippen molar-refractivity contribution in [1.82, 2.24) is 5.32 Å². The third kappa shape index (κ3) is 2.92. The van der Waals surface area contributed by atoms with Crippen LogP contribution in [0.2, 0.25) is 0 Å². The molecular formula is C17H23NO3. The topological polar surface area (TPSA) is 54.6 Å². The Kier molecular flexibility index (Phi) is 3.91. The summed E-state index contributed by atoms with van der Waals surface area (Å²) < 4.78 is 11.6. The van der Waals surface area contributed by atoms with E-state index in [4.69, 9.17) is 9.15 Å². The van der Waals surface area contributed by atoms with Crippen molar-refractivity contribution in [3.05, 3.63) is 30.0 Å². The van der Waals surface area contributed by atoms with Crippen LogP contribution in [-0.4, -0.2) is 23.9 Å². The Bertz CT molecular complexity index is 616. The van der Waals surface area contributed by atoms with E-state index in [1.54, 1.807) is 0 Å². The summed E-state index contributed by atoms with van der Waals surface area (Å²) >= 11 is 0. The zero-order valence-corrected chi connectivity index (χ0v) is 12.7. The molecule has 0 bridgehead atoms. The molecule has 114 valence electrons. The maximum atomic E-state index is 10.1. The first kappa shape index (κ1) is 14.4. The van der Waals surface area contributed by atoms with Crippen LogP contribution in [-0.2, 0) is 0 Å². The van der Waals surface area contributed by atoms with Gasteiger partial charge in [0.05, 0.1) is 18.2 Å². The van der Waals surface area contributed by atoms with Crippen molar-refractivity contribution in [3.8, 4) is 5.75 Å². The lowest BCUT2D eigenvalue weighted by molar-refractivity contribution is -0.0332. The van der Waals surface area contributed by atoms with Crippen LogP contribution in [0.3, 0.4) is 0 Å². The lowest BCUT2D eigenvalue weighted by Gasteiger charge is -2.37. The number of hydrogen-bond acceptors (Lipinski definition) is 4. The Morgan fingerprint density at radius 1 is 1.43 bits per heavy atom. The maximum absolute atomic E-state index is 10.1. The summed E-state index contributed by atoms with van der Waals surface area (Å²) in [5.74, 6) is 1.66. The minimum atomic E-state index is -0.517. The average Bonchev–Trinajstić information content (AvgIpc) is 2.88. The van der Waals surface area contributed by atoms with Gasteiger partial charge >= 0.3 is 0 Å². The van der Waals surface area contributed by atoms with Crippen LogP contribution >= 0.6 is 0 Å². The van der Waals surface area contributed by atoms with Crippen LogP contribution < -0.4 is 10.1 Å². The van der Waals surface area contributed by atoms with Gasteiger partial charge in [-0.05, 0) is 45.2 Å². The van der Waals surface area contributed by atoms with E-state index in [9.17, 15) is 5.11 Å². The number of furan rings is 1. The van der Waals surface area contributed by atoms with E-state index in [-0.39, 0.29) is 6.04 Å². The molecule has 1 aliphatic rings. The quantitative estimate of drug-likeness (QED) is 0.856. The van der Waals surface area contributed by atoms with Gasteiger partial charge in [-0.15, -0.1) is 0 Å². The highest BCUT2D eigenvalue weighted by Crippen LogP contribution is 2.33. The molecule has 1 aromatic heterocycles. The molecule has 0 saturated heterocycles. The number of rotatable bonds is 6. The molecule has 1 atom stereocenters. The minimum Gasteiger partial charge on any atom is -0.490 e. The normalized spacial score (nSPS) is 18.4. The molecule has 1 aliphatic carbocycles. The summed E-state index contributed by atoms with van der Waals surface area (Å²) in [6.07, 6.45) is 2.90. The van der Waals surface area contributed by atoms with Crippen molar-refractivity contribution < 1.29 is 14.3 Å². The van der Waals surface area contributed by atoms with Gasteiger partial charge in [0.2, 0.25) is 0 Å². The van der Waals surface area contributed by atoms with Crippen LogP contribution in [0.15, 0.2) is 28.7 Å². The Morgan fingerprint density at radius 3 is 2.90 bits per heavy atom. The summed E-state index contributed by atoms with van der Waals surface area (Å²) in [7, 11) is 0. The van der Waals surface area contributed by atoms with E-state index < -0.39 is 5.60 Å². The SMILES string of the molecule is CCOc1cccc2cc(C(C)NCC3(O)CCC3)oc12.